The number of amides is 1. The van der Waals surface area contributed by atoms with E-state index in [4.69, 9.17) is 16.9 Å². The Balaban J connectivity index is 1.54. The van der Waals surface area contributed by atoms with Crippen LogP contribution in [0.2, 0.25) is 5.02 Å². The van der Waals surface area contributed by atoms with E-state index in [-0.39, 0.29) is 16.6 Å². The lowest BCUT2D eigenvalue weighted by atomic mass is 10.2. The molecule has 0 bridgehead atoms. The van der Waals surface area contributed by atoms with Gasteiger partial charge < -0.3 is 0 Å². The molecule has 1 heterocycles. The number of carbonyl (C=O) groups is 1. The highest BCUT2D eigenvalue weighted by molar-refractivity contribution is 8.00. The second-order valence-electron chi connectivity index (χ2n) is 6.23. The van der Waals surface area contributed by atoms with Gasteiger partial charge in [-0.25, -0.2) is 8.42 Å². The van der Waals surface area contributed by atoms with Crippen molar-refractivity contribution in [1.29, 1.82) is 5.26 Å². The molecular formula is C19H16ClN5O3S3. The minimum absolute atomic E-state index is 0.0459. The summed E-state index contributed by atoms with van der Waals surface area (Å²) in [5, 5.41) is 20.0. The number of sulfonamides is 1. The Labute approximate surface area is 192 Å². The molecule has 3 rings (SSSR count). The molecule has 0 fully saturated rings. The van der Waals surface area contributed by atoms with Crippen molar-refractivity contribution in [2.75, 3.05) is 18.9 Å². The maximum atomic E-state index is 12.6. The molecule has 2 aromatic carbocycles. The zero-order chi connectivity index (χ0) is 22.4. The van der Waals surface area contributed by atoms with E-state index in [1.807, 2.05) is 12.1 Å². The smallest absolute Gasteiger partial charge is 0.243 e. The molecule has 1 aromatic heterocycles. The van der Waals surface area contributed by atoms with Crippen molar-refractivity contribution in [2.45, 2.75) is 15.0 Å². The van der Waals surface area contributed by atoms with Crippen LogP contribution < -0.4 is 5.32 Å². The van der Waals surface area contributed by atoms with Crippen LogP contribution in [0.15, 0.2) is 57.8 Å². The molecule has 0 saturated carbocycles. The van der Waals surface area contributed by atoms with Crippen LogP contribution in [0.25, 0.3) is 0 Å². The second-order valence-corrected chi connectivity index (χ2v) is 10.9. The normalized spacial score (nSPS) is 11.3. The minimum Gasteiger partial charge on any atom is -0.299 e. The summed E-state index contributed by atoms with van der Waals surface area (Å²) in [6.45, 7) is -0.377. The summed E-state index contributed by atoms with van der Waals surface area (Å²) in [6.07, 6.45) is 0. The summed E-state index contributed by atoms with van der Waals surface area (Å²) in [5.74, 6) is 0.107. The van der Waals surface area contributed by atoms with Gasteiger partial charge in [0.25, 0.3) is 0 Å². The van der Waals surface area contributed by atoms with Crippen LogP contribution in [0.1, 0.15) is 11.1 Å². The number of anilines is 1. The van der Waals surface area contributed by atoms with Gasteiger partial charge in [0.2, 0.25) is 21.1 Å². The highest BCUT2D eigenvalue weighted by atomic mass is 35.5. The number of nitrogens with zero attached hydrogens (tertiary/aromatic N) is 4. The van der Waals surface area contributed by atoms with Crippen molar-refractivity contribution in [1.82, 2.24) is 14.5 Å². The quantitative estimate of drug-likeness (QED) is 0.376. The van der Waals surface area contributed by atoms with Crippen molar-refractivity contribution in [3.8, 4) is 6.07 Å². The highest BCUT2D eigenvalue weighted by Gasteiger charge is 2.23. The van der Waals surface area contributed by atoms with Gasteiger partial charge in [-0.3, -0.25) is 10.1 Å². The standard InChI is InChI=1S/C19H16ClN5O3S3/c1-25(31(27,28)16-8-6-15(20)7-9-16)11-17(26)22-18-23-24-19(30-18)29-12-14-4-2-13(10-21)3-5-14/h2-9H,11-12H2,1H3,(H,22,23,26). The van der Waals surface area contributed by atoms with E-state index in [1.54, 1.807) is 12.1 Å². The summed E-state index contributed by atoms with van der Waals surface area (Å²) < 4.78 is 26.7. The fourth-order valence-corrected chi connectivity index (χ4v) is 5.35. The third-order valence-corrected chi connectivity index (χ3v) is 8.10. The number of nitriles is 1. The van der Waals surface area contributed by atoms with Gasteiger partial charge in [-0.2, -0.15) is 9.57 Å². The van der Waals surface area contributed by atoms with Gasteiger partial charge >= 0.3 is 0 Å². The van der Waals surface area contributed by atoms with E-state index < -0.39 is 15.9 Å². The predicted molar refractivity (Wildman–Crippen MR) is 121 cm³/mol. The Bertz CT molecular complexity index is 1210. The molecule has 1 amide bonds. The number of aromatic nitrogens is 2. The van der Waals surface area contributed by atoms with Crippen LogP contribution in [0, 0.1) is 11.3 Å². The topological polar surface area (TPSA) is 116 Å². The average Bonchev–Trinajstić information content (AvgIpc) is 3.20. The Morgan fingerprint density at radius 2 is 1.87 bits per heavy atom. The SMILES string of the molecule is CN(CC(=O)Nc1nnc(SCc2ccc(C#N)cc2)s1)S(=O)(=O)c1ccc(Cl)cc1. The molecule has 0 spiro atoms. The van der Waals surface area contributed by atoms with E-state index in [2.05, 4.69) is 21.6 Å². The third kappa shape index (κ3) is 6.25. The Hall–Kier alpha value is -2.49. The zero-order valence-electron chi connectivity index (χ0n) is 16.1. The Kier molecular flexibility index (Phi) is 7.64. The molecule has 0 atom stereocenters. The first kappa shape index (κ1) is 23.2. The number of benzene rings is 2. The van der Waals surface area contributed by atoms with Crippen LogP contribution >= 0.6 is 34.7 Å². The number of hydrogen-bond acceptors (Lipinski definition) is 8. The van der Waals surface area contributed by atoms with E-state index in [9.17, 15) is 13.2 Å². The molecule has 0 aliphatic heterocycles. The first-order valence-corrected chi connectivity index (χ1v) is 12.4. The van der Waals surface area contributed by atoms with Crippen LogP contribution in [-0.4, -0.2) is 42.4 Å². The van der Waals surface area contributed by atoms with Gasteiger partial charge in [0, 0.05) is 17.8 Å². The number of halogens is 1. The largest absolute Gasteiger partial charge is 0.299 e. The number of thioether (sulfide) groups is 1. The maximum absolute atomic E-state index is 12.6. The summed E-state index contributed by atoms with van der Waals surface area (Å²) in [7, 11) is -2.50. The number of carbonyl (C=O) groups excluding carboxylic acids is 1. The van der Waals surface area contributed by atoms with Crippen LogP contribution in [-0.2, 0) is 20.6 Å². The van der Waals surface area contributed by atoms with Crippen molar-refractivity contribution in [3.05, 3.63) is 64.7 Å². The van der Waals surface area contributed by atoms with Crippen LogP contribution in [0.5, 0.6) is 0 Å². The van der Waals surface area contributed by atoms with E-state index in [0.29, 0.717) is 20.7 Å². The van der Waals surface area contributed by atoms with E-state index in [1.165, 1.54) is 54.4 Å². The van der Waals surface area contributed by atoms with Crippen molar-refractivity contribution >= 4 is 55.8 Å². The lowest BCUT2D eigenvalue weighted by Crippen LogP contribution is -2.34. The molecule has 1 N–H and O–H groups in total. The van der Waals surface area contributed by atoms with Gasteiger partial charge in [-0.1, -0.05) is 46.8 Å². The average molecular weight is 494 g/mol. The highest BCUT2D eigenvalue weighted by Crippen LogP contribution is 2.28. The number of likely N-dealkylation sites (N-methyl/N-ethyl adjacent to an activating group) is 1. The second kappa shape index (κ2) is 10.2. The zero-order valence-corrected chi connectivity index (χ0v) is 19.4. The molecular weight excluding hydrogens is 478 g/mol. The lowest BCUT2D eigenvalue weighted by Gasteiger charge is -2.16. The fourth-order valence-electron chi connectivity index (χ4n) is 2.37. The van der Waals surface area contributed by atoms with Crippen LogP contribution in [0.3, 0.4) is 0 Å². The molecule has 160 valence electrons. The first-order valence-electron chi connectivity index (χ1n) is 8.75. The molecule has 0 radical (unpaired) electrons. The predicted octanol–water partition coefficient (Wildman–Crippen LogP) is 3.61. The molecule has 0 aliphatic rings. The third-order valence-electron chi connectivity index (χ3n) is 3.99. The molecule has 0 aliphatic carbocycles. The molecule has 12 heteroatoms. The van der Waals surface area contributed by atoms with Gasteiger partial charge in [0.05, 0.1) is 23.1 Å². The summed E-state index contributed by atoms with van der Waals surface area (Å²) in [4.78, 5) is 12.3. The Morgan fingerprint density at radius 3 is 2.52 bits per heavy atom. The van der Waals surface area contributed by atoms with Gasteiger partial charge in [0.1, 0.15) is 0 Å². The van der Waals surface area contributed by atoms with Crippen molar-refractivity contribution in [2.24, 2.45) is 0 Å². The van der Waals surface area contributed by atoms with E-state index in [0.717, 1.165) is 9.87 Å². The monoisotopic (exact) mass is 493 g/mol. The fraction of sp³-hybridized carbons (Fsp3) is 0.158. The number of rotatable bonds is 8. The van der Waals surface area contributed by atoms with Crippen molar-refractivity contribution in [3.63, 3.8) is 0 Å². The van der Waals surface area contributed by atoms with Gasteiger partial charge in [-0.15, -0.1) is 10.2 Å². The molecule has 0 saturated heterocycles. The number of nitrogens with one attached hydrogen (secondary N) is 1. The lowest BCUT2D eigenvalue weighted by molar-refractivity contribution is -0.116. The number of hydrogen-bond donors (Lipinski definition) is 1. The molecule has 0 unspecified atom stereocenters. The molecule has 8 nitrogen and oxygen atoms in total. The van der Waals surface area contributed by atoms with Gasteiger partial charge in [0.15, 0.2) is 4.34 Å². The first-order chi connectivity index (χ1) is 14.8. The Morgan fingerprint density at radius 1 is 1.19 bits per heavy atom. The molecule has 31 heavy (non-hydrogen) atoms. The minimum atomic E-state index is -3.83. The van der Waals surface area contributed by atoms with Crippen molar-refractivity contribution < 1.29 is 13.2 Å². The molecule has 3 aromatic rings. The summed E-state index contributed by atoms with van der Waals surface area (Å²) in [5.41, 5.74) is 1.62. The summed E-state index contributed by atoms with van der Waals surface area (Å²) in [6, 6.07) is 15.0. The van der Waals surface area contributed by atoms with Gasteiger partial charge in [-0.05, 0) is 42.0 Å². The maximum Gasteiger partial charge on any atom is 0.243 e. The summed E-state index contributed by atoms with van der Waals surface area (Å²) >= 11 is 8.43. The van der Waals surface area contributed by atoms with Crippen LogP contribution in [0.4, 0.5) is 5.13 Å². The van der Waals surface area contributed by atoms with E-state index >= 15 is 0 Å².